The van der Waals surface area contributed by atoms with Crippen molar-refractivity contribution in [3.63, 3.8) is 0 Å². The first-order valence-electron chi connectivity index (χ1n) is 15.4. The third-order valence-electron chi connectivity index (χ3n) is 10.1. The molecule has 2 aliphatic carbocycles. The van der Waals surface area contributed by atoms with Crippen molar-refractivity contribution < 1.29 is 30.0 Å². The van der Waals surface area contributed by atoms with Crippen LogP contribution in [-0.4, -0.2) is 20.4 Å². The number of hydrogen-bond acceptors (Lipinski definition) is 3. The molecule has 3 aromatic carbocycles. The molecule has 1 atom stereocenters. The van der Waals surface area contributed by atoms with E-state index in [-0.39, 0.29) is 36.7 Å². The van der Waals surface area contributed by atoms with E-state index >= 15 is 0 Å². The molecule has 1 N–H and O–H groups in total. The van der Waals surface area contributed by atoms with Gasteiger partial charge in [-0.15, -0.1) is 35.9 Å². The number of carbonyl (C=O) groups excluding carboxylic acids is 1. The monoisotopic (exact) mass is 740 g/mol. The Kier molecular flexibility index (Phi) is 10.3. The van der Waals surface area contributed by atoms with Crippen LogP contribution in [0.15, 0.2) is 90.2 Å². The number of Topliss-reactive ketones (excluding diaryl/α,β-unsaturated/α-hetero) is 1. The van der Waals surface area contributed by atoms with E-state index in [2.05, 4.69) is 56.5 Å². The largest absolute Gasteiger partial charge is 0.511 e. The molecule has 4 aromatic rings. The van der Waals surface area contributed by atoms with Gasteiger partial charge in [-0.05, 0) is 81.5 Å². The van der Waals surface area contributed by atoms with E-state index in [1.807, 2.05) is 60.7 Å². The van der Waals surface area contributed by atoms with Crippen LogP contribution in [0.2, 0.25) is 0 Å². The summed E-state index contributed by atoms with van der Waals surface area (Å²) in [6.45, 7) is 8.52. The minimum absolute atomic E-state index is 0. The van der Waals surface area contributed by atoms with Gasteiger partial charge >= 0.3 is 0 Å². The summed E-state index contributed by atoms with van der Waals surface area (Å²) in [5.74, 6) is 1.96. The molecular formula is C37H43IrN2O2-. The molecule has 1 unspecified atom stereocenters. The van der Waals surface area contributed by atoms with E-state index in [1.165, 1.54) is 0 Å². The van der Waals surface area contributed by atoms with E-state index in [0.29, 0.717) is 11.7 Å². The number of aliphatic hydroxyl groups excluding tert-OH is 1. The van der Waals surface area contributed by atoms with Crippen molar-refractivity contribution in [2.75, 3.05) is 0 Å². The molecule has 223 valence electrons. The molecule has 1 saturated carbocycles. The van der Waals surface area contributed by atoms with Gasteiger partial charge in [-0.3, -0.25) is 9.78 Å². The van der Waals surface area contributed by atoms with E-state index in [9.17, 15) is 9.90 Å². The summed E-state index contributed by atoms with van der Waals surface area (Å²) < 4.78 is 2.18. The molecule has 0 saturated heterocycles. The molecule has 0 bridgehead atoms. The van der Waals surface area contributed by atoms with E-state index in [1.54, 1.807) is 0 Å². The number of rotatable bonds is 6. The van der Waals surface area contributed by atoms with Gasteiger partial charge in [0.1, 0.15) is 5.76 Å². The number of aromatic nitrogens is 2. The third-order valence-corrected chi connectivity index (χ3v) is 10.1. The second-order valence-corrected chi connectivity index (χ2v) is 11.7. The standard InChI is InChI=1S/C19H13N2.C18H30O2.Ir/c1-3-9-15(10-4-1)19-20-17-13-7-8-14-18(17)21(19)16-11-5-2-6-12-16;1-5-17(6-2)11-9-13-10-12-18(7-3,8-4)16(20)14(13)15(17)19;/h1-9,11-14H;13,19H,5-12H2,1-4H3;/q-1;;. The molecule has 1 heterocycles. The van der Waals surface area contributed by atoms with E-state index in [4.69, 9.17) is 4.98 Å². The number of fused-ring (bicyclic) bond motifs is 2. The molecule has 1 fully saturated rings. The second-order valence-electron chi connectivity index (χ2n) is 11.7. The smallest absolute Gasteiger partial charge is 0.168 e. The van der Waals surface area contributed by atoms with Crippen molar-refractivity contribution in [1.29, 1.82) is 0 Å². The molecular weight excluding hydrogens is 697 g/mol. The molecule has 1 radical (unpaired) electrons. The molecule has 42 heavy (non-hydrogen) atoms. The summed E-state index contributed by atoms with van der Waals surface area (Å²) in [6.07, 6.45) is 7.87. The van der Waals surface area contributed by atoms with Gasteiger partial charge in [-0.25, -0.2) is 0 Å². The molecule has 0 spiro atoms. The van der Waals surface area contributed by atoms with Crippen molar-refractivity contribution in [3.8, 4) is 17.1 Å². The third kappa shape index (κ3) is 5.66. The zero-order chi connectivity index (χ0) is 29.0. The number of benzene rings is 3. The number of hydrogen-bond donors (Lipinski definition) is 1. The Morgan fingerprint density at radius 2 is 1.43 bits per heavy atom. The minimum atomic E-state index is -0.204. The SMILES string of the molecule is CCC1(CC)CCC2CCC(CC)(CC)C(O)=C2C1=O.[Ir].[c-]1ccccc1-c1nc2ccccc2n1-c1ccccc1. The summed E-state index contributed by atoms with van der Waals surface area (Å²) in [7, 11) is 0. The quantitative estimate of drug-likeness (QED) is 0.201. The number of nitrogens with zero attached hydrogens (tertiary/aromatic N) is 2. The number of aliphatic hydroxyl groups is 1. The Hall–Kier alpha value is -3.01. The van der Waals surface area contributed by atoms with Crippen LogP contribution in [0.3, 0.4) is 0 Å². The maximum atomic E-state index is 13.1. The number of imidazole rings is 1. The van der Waals surface area contributed by atoms with Crippen LogP contribution in [0.25, 0.3) is 28.1 Å². The van der Waals surface area contributed by atoms with Crippen LogP contribution in [0, 0.1) is 22.8 Å². The summed E-state index contributed by atoms with van der Waals surface area (Å²) >= 11 is 0. The minimum Gasteiger partial charge on any atom is -0.511 e. The zero-order valence-corrected chi connectivity index (χ0v) is 27.7. The fourth-order valence-electron chi connectivity index (χ4n) is 7.06. The fraction of sp³-hybridized carbons (Fsp3) is 0.405. The van der Waals surface area contributed by atoms with Crippen LogP contribution in [0.4, 0.5) is 0 Å². The number of ketones is 1. The van der Waals surface area contributed by atoms with Crippen LogP contribution in [-0.2, 0) is 24.9 Å². The van der Waals surface area contributed by atoms with Crippen molar-refractivity contribution in [3.05, 3.63) is 96.3 Å². The molecule has 6 rings (SSSR count). The van der Waals surface area contributed by atoms with Gasteiger partial charge < -0.3 is 9.67 Å². The molecule has 5 heteroatoms. The fourth-order valence-corrected chi connectivity index (χ4v) is 7.06. The summed E-state index contributed by atoms with van der Waals surface area (Å²) in [4.78, 5) is 17.8. The van der Waals surface area contributed by atoms with Crippen LogP contribution < -0.4 is 0 Å². The predicted molar refractivity (Wildman–Crippen MR) is 168 cm³/mol. The summed E-state index contributed by atoms with van der Waals surface area (Å²) in [5.41, 5.74) is 4.69. The summed E-state index contributed by atoms with van der Waals surface area (Å²) in [5, 5.41) is 10.9. The maximum absolute atomic E-state index is 13.1. The topological polar surface area (TPSA) is 55.1 Å². The average Bonchev–Trinajstić information content (AvgIpc) is 3.43. The van der Waals surface area contributed by atoms with E-state index < -0.39 is 0 Å². The first-order chi connectivity index (χ1) is 19.9. The first-order valence-corrected chi connectivity index (χ1v) is 15.4. The summed E-state index contributed by atoms with van der Waals surface area (Å²) in [6, 6.07) is 29.7. The Labute approximate surface area is 264 Å². The Morgan fingerprint density at radius 3 is 2.05 bits per heavy atom. The Morgan fingerprint density at radius 1 is 0.833 bits per heavy atom. The van der Waals surface area contributed by atoms with Gasteiger partial charge in [0, 0.05) is 42.2 Å². The van der Waals surface area contributed by atoms with Gasteiger partial charge in [0.2, 0.25) is 0 Å². The van der Waals surface area contributed by atoms with E-state index in [0.717, 1.165) is 85.0 Å². The molecule has 0 amide bonds. The van der Waals surface area contributed by atoms with Crippen LogP contribution >= 0.6 is 0 Å². The van der Waals surface area contributed by atoms with Crippen LogP contribution in [0.5, 0.6) is 0 Å². The number of carbonyl (C=O) groups is 1. The second kappa shape index (κ2) is 13.5. The maximum Gasteiger partial charge on any atom is 0.168 e. The zero-order valence-electron chi connectivity index (χ0n) is 25.3. The van der Waals surface area contributed by atoms with Gasteiger partial charge in [0.05, 0.1) is 16.9 Å². The Balaban J connectivity index is 0.000000189. The number of para-hydroxylation sites is 3. The van der Waals surface area contributed by atoms with Crippen molar-refractivity contribution >= 4 is 16.8 Å². The molecule has 4 nitrogen and oxygen atoms in total. The van der Waals surface area contributed by atoms with Crippen molar-refractivity contribution in [2.45, 2.75) is 79.1 Å². The molecule has 1 aromatic heterocycles. The average molecular weight is 740 g/mol. The molecule has 2 aliphatic rings. The van der Waals surface area contributed by atoms with Gasteiger partial charge in [-0.2, -0.15) is 0 Å². The van der Waals surface area contributed by atoms with Gasteiger partial charge in [0.15, 0.2) is 5.78 Å². The van der Waals surface area contributed by atoms with Crippen molar-refractivity contribution in [1.82, 2.24) is 9.55 Å². The Bertz CT molecular complexity index is 1520. The van der Waals surface area contributed by atoms with Gasteiger partial charge in [0.25, 0.3) is 0 Å². The normalized spacial score (nSPS) is 19.0. The predicted octanol–water partition coefficient (Wildman–Crippen LogP) is 9.67. The van der Waals surface area contributed by atoms with Gasteiger partial charge in [-0.1, -0.05) is 58.0 Å². The van der Waals surface area contributed by atoms with Crippen molar-refractivity contribution in [2.24, 2.45) is 16.7 Å². The molecule has 0 aliphatic heterocycles. The van der Waals surface area contributed by atoms with Crippen LogP contribution in [0.1, 0.15) is 79.1 Å². The number of allylic oxidation sites excluding steroid dienone is 2. The first kappa shape index (κ1) is 31.9.